The van der Waals surface area contributed by atoms with Gasteiger partial charge >= 0.3 is 0 Å². The summed E-state index contributed by atoms with van der Waals surface area (Å²) in [6, 6.07) is 10.9. The molecule has 124 valence electrons. The van der Waals surface area contributed by atoms with Crippen LogP contribution in [0.15, 0.2) is 40.9 Å². The molecule has 4 nitrogen and oxygen atoms in total. The lowest BCUT2D eigenvalue weighted by Crippen LogP contribution is -2.40. The van der Waals surface area contributed by atoms with Gasteiger partial charge in [0.1, 0.15) is 0 Å². The van der Waals surface area contributed by atoms with E-state index in [1.54, 1.807) is 31.3 Å². The van der Waals surface area contributed by atoms with Gasteiger partial charge in [-0.1, -0.05) is 33.6 Å². The van der Waals surface area contributed by atoms with Crippen molar-refractivity contribution in [1.29, 1.82) is 0 Å². The number of Topliss-reactive ketones (excluding diaryl/α,β-unsaturated/α-hetero) is 1. The van der Waals surface area contributed by atoms with E-state index in [1.807, 2.05) is 26.0 Å². The van der Waals surface area contributed by atoms with Crippen LogP contribution in [-0.2, 0) is 10.4 Å². The van der Waals surface area contributed by atoms with E-state index in [2.05, 4.69) is 15.9 Å². The Kier molecular flexibility index (Phi) is 4.10. The summed E-state index contributed by atoms with van der Waals surface area (Å²) in [5.74, 6) is -0.720. The zero-order valence-electron chi connectivity index (χ0n) is 13.8. The van der Waals surface area contributed by atoms with Crippen LogP contribution in [0.4, 0.5) is 5.69 Å². The van der Waals surface area contributed by atoms with Crippen LogP contribution < -0.4 is 4.90 Å². The fourth-order valence-corrected chi connectivity index (χ4v) is 3.53. The lowest BCUT2D eigenvalue weighted by atomic mass is 9.87. The number of hydrogen-bond acceptors (Lipinski definition) is 3. The summed E-state index contributed by atoms with van der Waals surface area (Å²) in [4.78, 5) is 26.8. The standard InChI is InChI=1S/C19H18BrNO3/c1-11-4-5-12(2)14(8-11)17(22)10-19(24)15-9-13(20)6-7-16(15)21(3)18(19)23/h4-9,24H,10H2,1-3H3. The predicted molar refractivity (Wildman–Crippen MR) is 96.3 cm³/mol. The first-order valence-electron chi connectivity index (χ1n) is 7.65. The van der Waals surface area contributed by atoms with E-state index in [4.69, 9.17) is 0 Å². The number of carbonyl (C=O) groups excluding carboxylic acids is 2. The van der Waals surface area contributed by atoms with Gasteiger partial charge in [0.25, 0.3) is 5.91 Å². The van der Waals surface area contributed by atoms with E-state index in [1.165, 1.54) is 4.90 Å². The highest BCUT2D eigenvalue weighted by Crippen LogP contribution is 2.43. The van der Waals surface area contributed by atoms with Gasteiger partial charge in [0.15, 0.2) is 11.4 Å². The Morgan fingerprint density at radius 2 is 1.92 bits per heavy atom. The molecule has 3 rings (SSSR count). The highest BCUT2D eigenvalue weighted by molar-refractivity contribution is 9.10. The fraction of sp³-hybridized carbons (Fsp3) is 0.263. The minimum absolute atomic E-state index is 0.242. The molecule has 0 saturated carbocycles. The highest BCUT2D eigenvalue weighted by atomic mass is 79.9. The van der Waals surface area contributed by atoms with Crippen LogP contribution in [-0.4, -0.2) is 23.8 Å². The molecule has 0 aromatic heterocycles. The summed E-state index contributed by atoms with van der Waals surface area (Å²) in [6.45, 7) is 3.76. The highest BCUT2D eigenvalue weighted by Gasteiger charge is 2.49. The van der Waals surface area contributed by atoms with E-state index in [-0.39, 0.29) is 12.2 Å². The maximum Gasteiger partial charge on any atom is 0.263 e. The quantitative estimate of drug-likeness (QED) is 0.819. The van der Waals surface area contributed by atoms with Gasteiger partial charge in [-0.25, -0.2) is 0 Å². The molecule has 24 heavy (non-hydrogen) atoms. The van der Waals surface area contributed by atoms with Crippen LogP contribution in [0.1, 0.15) is 33.5 Å². The van der Waals surface area contributed by atoms with E-state index < -0.39 is 11.5 Å². The number of aliphatic hydroxyl groups is 1. The summed E-state index contributed by atoms with van der Waals surface area (Å²) in [7, 11) is 1.61. The molecule has 1 aliphatic rings. The van der Waals surface area contributed by atoms with E-state index in [0.717, 1.165) is 15.6 Å². The van der Waals surface area contributed by atoms with Gasteiger partial charge in [0.05, 0.1) is 12.1 Å². The number of benzene rings is 2. The minimum atomic E-state index is -1.83. The minimum Gasteiger partial charge on any atom is -0.375 e. The molecule has 0 fully saturated rings. The molecule has 0 radical (unpaired) electrons. The third kappa shape index (κ3) is 2.58. The molecule has 2 aromatic rings. The van der Waals surface area contributed by atoms with Crippen LogP contribution in [0, 0.1) is 13.8 Å². The maximum atomic E-state index is 12.8. The number of halogens is 1. The van der Waals surface area contributed by atoms with Crippen LogP contribution in [0.25, 0.3) is 0 Å². The smallest absolute Gasteiger partial charge is 0.263 e. The molecule has 5 heteroatoms. The zero-order valence-corrected chi connectivity index (χ0v) is 15.3. The molecular formula is C19H18BrNO3. The monoisotopic (exact) mass is 387 g/mol. The summed E-state index contributed by atoms with van der Waals surface area (Å²) in [6.07, 6.45) is -0.274. The van der Waals surface area contributed by atoms with Gasteiger partial charge in [0, 0.05) is 22.6 Å². The average molecular weight is 388 g/mol. The van der Waals surface area contributed by atoms with Gasteiger partial charge in [-0.05, 0) is 43.7 Å². The Bertz CT molecular complexity index is 862. The lowest BCUT2D eigenvalue weighted by Gasteiger charge is -2.21. The second-order valence-electron chi connectivity index (χ2n) is 6.30. The first-order valence-corrected chi connectivity index (χ1v) is 8.44. The predicted octanol–water partition coefficient (Wildman–Crippen LogP) is 3.50. The zero-order chi connectivity index (χ0) is 17.6. The van der Waals surface area contributed by atoms with Crippen molar-refractivity contribution < 1.29 is 14.7 Å². The number of hydrogen-bond donors (Lipinski definition) is 1. The SMILES string of the molecule is Cc1ccc(C)c(C(=O)CC2(O)C(=O)N(C)c3ccc(Br)cc32)c1. The number of nitrogens with zero attached hydrogens (tertiary/aromatic N) is 1. The van der Waals surface area contributed by atoms with Crippen molar-refractivity contribution in [2.75, 3.05) is 11.9 Å². The van der Waals surface area contributed by atoms with Gasteiger partial charge in [-0.2, -0.15) is 0 Å². The van der Waals surface area contributed by atoms with Crippen molar-refractivity contribution in [2.45, 2.75) is 25.9 Å². The Morgan fingerprint density at radius 1 is 1.21 bits per heavy atom. The molecule has 0 aliphatic carbocycles. The molecule has 1 heterocycles. The van der Waals surface area contributed by atoms with Crippen LogP contribution in [0.5, 0.6) is 0 Å². The first-order chi connectivity index (χ1) is 11.2. The van der Waals surface area contributed by atoms with Crippen molar-refractivity contribution in [3.8, 4) is 0 Å². The number of likely N-dealkylation sites (N-methyl/N-ethyl adjacent to an activating group) is 1. The number of anilines is 1. The van der Waals surface area contributed by atoms with Gasteiger partial charge in [-0.3, -0.25) is 9.59 Å². The third-order valence-electron chi connectivity index (χ3n) is 4.53. The van der Waals surface area contributed by atoms with Crippen molar-refractivity contribution in [2.24, 2.45) is 0 Å². The second kappa shape index (κ2) is 5.83. The summed E-state index contributed by atoms with van der Waals surface area (Å²) >= 11 is 3.36. The molecular weight excluding hydrogens is 370 g/mol. The van der Waals surface area contributed by atoms with Crippen molar-refractivity contribution in [3.05, 3.63) is 63.1 Å². The topological polar surface area (TPSA) is 57.6 Å². The molecule has 1 unspecified atom stereocenters. The second-order valence-corrected chi connectivity index (χ2v) is 7.22. The molecule has 0 bridgehead atoms. The third-order valence-corrected chi connectivity index (χ3v) is 5.03. The Balaban J connectivity index is 2.03. The molecule has 2 aromatic carbocycles. The van der Waals surface area contributed by atoms with E-state index >= 15 is 0 Å². The number of aryl methyl sites for hydroxylation is 2. The van der Waals surface area contributed by atoms with Crippen LogP contribution in [0.3, 0.4) is 0 Å². The summed E-state index contributed by atoms with van der Waals surface area (Å²) < 4.78 is 0.752. The first kappa shape index (κ1) is 16.9. The molecule has 0 spiro atoms. The van der Waals surface area contributed by atoms with Crippen molar-refractivity contribution >= 4 is 33.3 Å². The Morgan fingerprint density at radius 3 is 2.62 bits per heavy atom. The molecule has 1 aliphatic heterocycles. The number of ketones is 1. The number of carbonyl (C=O) groups is 2. The Labute approximate surface area is 149 Å². The summed E-state index contributed by atoms with van der Waals surface area (Å²) in [5, 5.41) is 11.1. The molecule has 1 atom stereocenters. The van der Waals surface area contributed by atoms with Gasteiger partial charge < -0.3 is 10.0 Å². The molecule has 1 amide bonds. The largest absolute Gasteiger partial charge is 0.375 e. The van der Waals surface area contributed by atoms with E-state index in [0.29, 0.717) is 16.8 Å². The van der Waals surface area contributed by atoms with Crippen LogP contribution in [0.2, 0.25) is 0 Å². The van der Waals surface area contributed by atoms with Crippen molar-refractivity contribution in [3.63, 3.8) is 0 Å². The lowest BCUT2D eigenvalue weighted by molar-refractivity contribution is -0.135. The Hall–Kier alpha value is -1.98. The van der Waals surface area contributed by atoms with E-state index in [9.17, 15) is 14.7 Å². The van der Waals surface area contributed by atoms with Crippen molar-refractivity contribution in [1.82, 2.24) is 0 Å². The summed E-state index contributed by atoms with van der Waals surface area (Å²) in [5.41, 5.74) is 1.60. The number of rotatable bonds is 3. The number of fused-ring (bicyclic) bond motifs is 1. The molecule has 0 saturated heterocycles. The molecule has 1 N–H and O–H groups in total. The fourth-order valence-electron chi connectivity index (χ4n) is 3.17. The van der Waals surface area contributed by atoms with Gasteiger partial charge in [-0.15, -0.1) is 0 Å². The normalized spacial score (nSPS) is 19.5. The van der Waals surface area contributed by atoms with Crippen LogP contribution >= 0.6 is 15.9 Å². The maximum absolute atomic E-state index is 12.8. The van der Waals surface area contributed by atoms with Gasteiger partial charge in [0.2, 0.25) is 0 Å². The average Bonchev–Trinajstić information content (AvgIpc) is 2.71. The number of amides is 1.